The van der Waals surface area contributed by atoms with Crippen molar-refractivity contribution in [3.8, 4) is 5.75 Å². The van der Waals surface area contributed by atoms with Gasteiger partial charge in [0, 0.05) is 0 Å². The Morgan fingerprint density at radius 3 is 2.64 bits per heavy atom. The standard InChI is InChI=1S/C18H31NO2Si/c1-18(2,3)12-16(21-22(5)6)17-15-8-7-14(20-4)11-13(15)9-10-19-17/h7-8,11,16-17,19,22H,9-10,12H2,1-6H3/t16-,17?/m1/s1. The first kappa shape index (κ1) is 17.5. The molecule has 0 radical (unpaired) electrons. The summed E-state index contributed by atoms with van der Waals surface area (Å²) >= 11 is 0. The van der Waals surface area contributed by atoms with E-state index in [-0.39, 0.29) is 11.5 Å². The molecule has 2 rings (SSSR count). The Balaban J connectivity index is 2.29. The van der Waals surface area contributed by atoms with Gasteiger partial charge in [-0.1, -0.05) is 26.8 Å². The molecule has 0 saturated carbocycles. The van der Waals surface area contributed by atoms with Crippen LogP contribution in [0.4, 0.5) is 0 Å². The van der Waals surface area contributed by atoms with Gasteiger partial charge in [0.2, 0.25) is 0 Å². The van der Waals surface area contributed by atoms with Crippen LogP contribution in [0.1, 0.15) is 44.4 Å². The van der Waals surface area contributed by atoms with Crippen LogP contribution in [0.5, 0.6) is 5.75 Å². The van der Waals surface area contributed by atoms with Gasteiger partial charge in [0.25, 0.3) is 0 Å². The second-order valence-corrected chi connectivity index (χ2v) is 10.1. The normalized spacial score (nSPS) is 19.9. The van der Waals surface area contributed by atoms with E-state index in [1.54, 1.807) is 7.11 Å². The summed E-state index contributed by atoms with van der Waals surface area (Å²) in [5.74, 6) is 0.950. The second-order valence-electron chi connectivity index (χ2n) is 7.73. The SMILES string of the molecule is COc1ccc2c(c1)CCNC2[C@@H](CC(C)(C)C)O[SiH](C)C. The summed E-state index contributed by atoms with van der Waals surface area (Å²) in [6.45, 7) is 12.4. The Morgan fingerprint density at radius 2 is 2.05 bits per heavy atom. The minimum absolute atomic E-state index is 0.249. The summed E-state index contributed by atoms with van der Waals surface area (Å²) in [4.78, 5) is 0. The van der Waals surface area contributed by atoms with Crippen molar-refractivity contribution < 1.29 is 9.16 Å². The highest BCUT2D eigenvalue weighted by molar-refractivity contribution is 6.48. The highest BCUT2D eigenvalue weighted by Crippen LogP contribution is 2.35. The second kappa shape index (κ2) is 7.15. The first-order valence-electron chi connectivity index (χ1n) is 8.36. The molecule has 0 spiro atoms. The molecule has 0 bridgehead atoms. The topological polar surface area (TPSA) is 30.5 Å². The molecule has 1 unspecified atom stereocenters. The third kappa shape index (κ3) is 4.57. The van der Waals surface area contributed by atoms with Crippen molar-refractivity contribution in [2.24, 2.45) is 5.41 Å². The third-order valence-electron chi connectivity index (χ3n) is 4.08. The van der Waals surface area contributed by atoms with E-state index in [0.717, 1.165) is 25.1 Å². The lowest BCUT2D eigenvalue weighted by molar-refractivity contribution is 0.103. The molecule has 3 nitrogen and oxygen atoms in total. The van der Waals surface area contributed by atoms with E-state index in [4.69, 9.17) is 9.16 Å². The molecule has 0 aliphatic carbocycles. The van der Waals surface area contributed by atoms with Gasteiger partial charge in [-0.05, 0) is 61.2 Å². The number of methoxy groups -OCH3 is 1. The van der Waals surface area contributed by atoms with Crippen LogP contribution in [0, 0.1) is 5.41 Å². The molecule has 1 heterocycles. The molecular weight excluding hydrogens is 290 g/mol. The summed E-state index contributed by atoms with van der Waals surface area (Å²) < 4.78 is 11.8. The lowest BCUT2D eigenvalue weighted by atomic mass is 9.82. The Labute approximate surface area is 137 Å². The average molecular weight is 322 g/mol. The fraction of sp³-hybridized carbons (Fsp3) is 0.667. The molecule has 1 aromatic rings. The van der Waals surface area contributed by atoms with E-state index >= 15 is 0 Å². The van der Waals surface area contributed by atoms with E-state index in [1.165, 1.54) is 11.1 Å². The van der Waals surface area contributed by atoms with E-state index in [9.17, 15) is 0 Å². The van der Waals surface area contributed by atoms with Crippen LogP contribution in [0.25, 0.3) is 0 Å². The molecule has 0 aromatic heterocycles. The number of ether oxygens (including phenoxy) is 1. The summed E-state index contributed by atoms with van der Waals surface area (Å²) in [6.07, 6.45) is 2.38. The van der Waals surface area contributed by atoms with Gasteiger partial charge in [0.15, 0.2) is 9.04 Å². The van der Waals surface area contributed by atoms with Crippen LogP contribution in [0.3, 0.4) is 0 Å². The highest BCUT2D eigenvalue weighted by atomic mass is 28.3. The molecule has 2 atom stereocenters. The quantitative estimate of drug-likeness (QED) is 0.839. The first-order chi connectivity index (χ1) is 10.3. The van der Waals surface area contributed by atoms with Crippen molar-refractivity contribution in [1.29, 1.82) is 0 Å². The van der Waals surface area contributed by atoms with Crippen molar-refractivity contribution in [2.75, 3.05) is 13.7 Å². The Morgan fingerprint density at radius 1 is 1.32 bits per heavy atom. The zero-order chi connectivity index (χ0) is 16.3. The van der Waals surface area contributed by atoms with Gasteiger partial charge in [0.1, 0.15) is 5.75 Å². The molecule has 124 valence electrons. The van der Waals surface area contributed by atoms with Gasteiger partial charge >= 0.3 is 0 Å². The van der Waals surface area contributed by atoms with Crippen molar-refractivity contribution in [1.82, 2.24) is 5.32 Å². The minimum atomic E-state index is -1.08. The number of hydrogen-bond acceptors (Lipinski definition) is 3. The first-order valence-corrected chi connectivity index (χ1v) is 11.1. The summed E-state index contributed by atoms with van der Waals surface area (Å²) in [7, 11) is 0.649. The van der Waals surface area contributed by atoms with Gasteiger partial charge < -0.3 is 14.5 Å². The molecule has 1 aromatic carbocycles. The summed E-state index contributed by atoms with van der Waals surface area (Å²) in [6, 6.07) is 6.76. The zero-order valence-corrected chi connectivity index (χ0v) is 16.1. The largest absolute Gasteiger partial charge is 0.497 e. The monoisotopic (exact) mass is 321 g/mol. The van der Waals surface area contributed by atoms with Crippen molar-refractivity contribution in [3.05, 3.63) is 29.3 Å². The number of benzene rings is 1. The number of nitrogens with one attached hydrogen (secondary N) is 1. The molecular formula is C18H31NO2Si. The van der Waals surface area contributed by atoms with Crippen LogP contribution in [-0.2, 0) is 10.8 Å². The molecule has 1 N–H and O–H groups in total. The van der Waals surface area contributed by atoms with E-state index in [2.05, 4.69) is 57.4 Å². The molecule has 4 heteroatoms. The van der Waals surface area contributed by atoms with Crippen molar-refractivity contribution >= 4 is 9.04 Å². The Kier molecular flexibility index (Phi) is 5.69. The van der Waals surface area contributed by atoms with Gasteiger partial charge in [-0.15, -0.1) is 0 Å². The minimum Gasteiger partial charge on any atom is -0.497 e. The molecule has 0 amide bonds. The van der Waals surface area contributed by atoms with E-state index < -0.39 is 9.04 Å². The van der Waals surface area contributed by atoms with Crippen molar-refractivity contribution in [3.63, 3.8) is 0 Å². The fourth-order valence-electron chi connectivity index (χ4n) is 3.23. The maximum atomic E-state index is 6.42. The van der Waals surface area contributed by atoms with Gasteiger partial charge in [0.05, 0.1) is 19.3 Å². The maximum absolute atomic E-state index is 6.42. The van der Waals surface area contributed by atoms with Crippen LogP contribution in [0.15, 0.2) is 18.2 Å². The van der Waals surface area contributed by atoms with Gasteiger partial charge in [-0.25, -0.2) is 0 Å². The molecule has 0 fully saturated rings. The highest BCUT2D eigenvalue weighted by Gasteiger charge is 2.32. The predicted molar refractivity (Wildman–Crippen MR) is 95.3 cm³/mol. The summed E-state index contributed by atoms with van der Waals surface area (Å²) in [5, 5.41) is 3.70. The number of hydrogen-bond donors (Lipinski definition) is 1. The Bertz CT molecular complexity index is 496. The Hall–Kier alpha value is -0.843. The lowest BCUT2D eigenvalue weighted by Gasteiger charge is -2.37. The van der Waals surface area contributed by atoms with Crippen molar-refractivity contribution in [2.45, 2.75) is 58.9 Å². The smallest absolute Gasteiger partial charge is 0.171 e. The van der Waals surface area contributed by atoms with Crippen LogP contribution < -0.4 is 10.1 Å². The van der Waals surface area contributed by atoms with Gasteiger partial charge in [-0.2, -0.15) is 0 Å². The average Bonchev–Trinajstić information content (AvgIpc) is 2.43. The van der Waals surface area contributed by atoms with E-state index in [1.807, 2.05) is 0 Å². The molecule has 1 aliphatic rings. The molecule has 0 saturated heterocycles. The van der Waals surface area contributed by atoms with Crippen LogP contribution >= 0.6 is 0 Å². The summed E-state index contributed by atoms with van der Waals surface area (Å²) in [5.41, 5.74) is 3.05. The predicted octanol–water partition coefficient (Wildman–Crippen LogP) is 3.69. The van der Waals surface area contributed by atoms with Crippen LogP contribution in [-0.4, -0.2) is 28.8 Å². The number of fused-ring (bicyclic) bond motifs is 1. The lowest BCUT2D eigenvalue weighted by Crippen LogP contribution is -2.42. The molecule has 1 aliphatic heterocycles. The number of rotatable bonds is 5. The van der Waals surface area contributed by atoms with E-state index in [0.29, 0.717) is 6.04 Å². The fourth-order valence-corrected chi connectivity index (χ4v) is 4.18. The third-order valence-corrected chi connectivity index (χ3v) is 4.97. The van der Waals surface area contributed by atoms with Gasteiger partial charge in [-0.3, -0.25) is 0 Å². The van der Waals surface area contributed by atoms with Crippen LogP contribution in [0.2, 0.25) is 13.1 Å². The zero-order valence-electron chi connectivity index (χ0n) is 14.9. The maximum Gasteiger partial charge on any atom is 0.171 e. The molecule has 22 heavy (non-hydrogen) atoms.